The van der Waals surface area contributed by atoms with Gasteiger partial charge in [0.05, 0.1) is 10.7 Å². The first-order valence-electron chi connectivity index (χ1n) is 5.09. The number of aromatic carboxylic acids is 1. The molecule has 0 bridgehead atoms. The summed E-state index contributed by atoms with van der Waals surface area (Å²) in [6, 6.07) is 0. The Bertz CT molecular complexity index is 363. The lowest BCUT2D eigenvalue weighted by atomic mass is 9.98. The van der Waals surface area contributed by atoms with E-state index in [-0.39, 0.29) is 5.41 Å². The maximum absolute atomic E-state index is 11.0. The lowest BCUT2D eigenvalue weighted by Crippen LogP contribution is -2.10. The van der Waals surface area contributed by atoms with E-state index >= 15 is 0 Å². The predicted octanol–water partition coefficient (Wildman–Crippen LogP) is 3.09. The fraction of sp³-hybridized carbons (Fsp3) is 0.636. The average Bonchev–Trinajstić information content (AvgIpc) is 2.48. The zero-order valence-corrected chi connectivity index (χ0v) is 10.4. The fourth-order valence-corrected chi connectivity index (χ4v) is 2.25. The van der Waals surface area contributed by atoms with Gasteiger partial charge in [-0.2, -0.15) is 0 Å². The molecular formula is C11H17NO2S. The number of hydrogen-bond donors (Lipinski definition) is 1. The van der Waals surface area contributed by atoms with E-state index in [1.54, 1.807) is 0 Å². The Morgan fingerprint density at radius 1 is 1.47 bits per heavy atom. The number of carbonyl (C=O) groups is 1. The number of aryl methyl sites for hydroxylation is 1. The van der Waals surface area contributed by atoms with Crippen molar-refractivity contribution in [3.8, 4) is 0 Å². The van der Waals surface area contributed by atoms with Crippen LogP contribution < -0.4 is 0 Å². The Morgan fingerprint density at radius 3 is 2.47 bits per heavy atom. The number of hydrogen-bond acceptors (Lipinski definition) is 3. The predicted molar refractivity (Wildman–Crippen MR) is 61.8 cm³/mol. The van der Waals surface area contributed by atoms with Gasteiger partial charge in [0.1, 0.15) is 4.88 Å². The van der Waals surface area contributed by atoms with Crippen LogP contribution in [0.15, 0.2) is 0 Å². The zero-order valence-electron chi connectivity index (χ0n) is 9.63. The Labute approximate surface area is 94.2 Å². The van der Waals surface area contributed by atoms with Crippen LogP contribution in [0.3, 0.4) is 0 Å². The lowest BCUT2D eigenvalue weighted by Gasteiger charge is -2.13. The van der Waals surface area contributed by atoms with Crippen LogP contribution in [0.2, 0.25) is 0 Å². The first-order chi connectivity index (χ1) is 6.86. The summed E-state index contributed by atoms with van der Waals surface area (Å²) < 4.78 is 0. The van der Waals surface area contributed by atoms with Crippen molar-refractivity contribution in [1.29, 1.82) is 0 Å². The van der Waals surface area contributed by atoms with Crippen LogP contribution in [-0.2, 0) is 11.8 Å². The third-order valence-corrected chi connectivity index (χ3v) is 3.53. The third-order valence-electron chi connectivity index (χ3n) is 2.02. The highest BCUT2D eigenvalue weighted by Gasteiger charge is 2.23. The maximum Gasteiger partial charge on any atom is 0.347 e. The molecule has 0 atom stereocenters. The second-order valence-electron chi connectivity index (χ2n) is 4.60. The molecule has 0 amide bonds. The number of rotatable bonds is 3. The second-order valence-corrected chi connectivity index (χ2v) is 5.60. The first-order valence-corrected chi connectivity index (χ1v) is 5.91. The quantitative estimate of drug-likeness (QED) is 0.863. The van der Waals surface area contributed by atoms with E-state index in [4.69, 9.17) is 5.11 Å². The molecule has 0 spiro atoms. The molecule has 1 N–H and O–H groups in total. The Hall–Kier alpha value is -0.900. The molecule has 1 heterocycles. The van der Waals surface area contributed by atoms with Gasteiger partial charge in [0.25, 0.3) is 0 Å². The maximum atomic E-state index is 11.0. The molecule has 0 fully saturated rings. The van der Waals surface area contributed by atoms with Crippen LogP contribution in [0.25, 0.3) is 0 Å². The van der Waals surface area contributed by atoms with E-state index in [1.807, 2.05) is 27.7 Å². The van der Waals surface area contributed by atoms with Crippen LogP contribution in [-0.4, -0.2) is 16.1 Å². The molecule has 1 aromatic rings. The van der Waals surface area contributed by atoms with Crippen molar-refractivity contribution in [2.75, 3.05) is 0 Å². The lowest BCUT2D eigenvalue weighted by molar-refractivity contribution is 0.0700. The van der Waals surface area contributed by atoms with Gasteiger partial charge in [-0.25, -0.2) is 9.78 Å². The van der Waals surface area contributed by atoms with Gasteiger partial charge in [-0.3, -0.25) is 0 Å². The molecule has 1 rings (SSSR count). The first kappa shape index (κ1) is 12.2. The standard InChI is InChI=1S/C11H17NO2S/c1-5-6-7-8(9(13)14)15-10(12-7)11(2,3)4/h5-6H2,1-4H3,(H,13,14). The molecule has 15 heavy (non-hydrogen) atoms. The van der Waals surface area contributed by atoms with Gasteiger partial charge < -0.3 is 5.11 Å². The van der Waals surface area contributed by atoms with E-state index in [9.17, 15) is 4.79 Å². The van der Waals surface area contributed by atoms with Crippen molar-refractivity contribution in [2.24, 2.45) is 0 Å². The number of nitrogens with zero attached hydrogens (tertiary/aromatic N) is 1. The summed E-state index contributed by atoms with van der Waals surface area (Å²) in [5, 5.41) is 9.95. The van der Waals surface area contributed by atoms with Crippen molar-refractivity contribution in [2.45, 2.75) is 46.0 Å². The van der Waals surface area contributed by atoms with Crippen molar-refractivity contribution < 1.29 is 9.90 Å². The minimum absolute atomic E-state index is 0.0686. The van der Waals surface area contributed by atoms with E-state index in [2.05, 4.69) is 4.98 Å². The van der Waals surface area contributed by atoms with E-state index in [1.165, 1.54) is 11.3 Å². The Morgan fingerprint density at radius 2 is 2.07 bits per heavy atom. The Balaban J connectivity index is 3.15. The summed E-state index contributed by atoms with van der Waals surface area (Å²) in [5.41, 5.74) is 0.667. The summed E-state index contributed by atoms with van der Waals surface area (Å²) >= 11 is 1.30. The molecule has 0 unspecified atom stereocenters. The van der Waals surface area contributed by atoms with Gasteiger partial charge in [0.2, 0.25) is 0 Å². The number of aromatic nitrogens is 1. The molecule has 0 radical (unpaired) electrons. The summed E-state index contributed by atoms with van der Waals surface area (Å²) in [5.74, 6) is -0.855. The smallest absolute Gasteiger partial charge is 0.347 e. The topological polar surface area (TPSA) is 50.2 Å². The minimum atomic E-state index is -0.855. The van der Waals surface area contributed by atoms with Crippen LogP contribution in [0.1, 0.15) is 54.5 Å². The monoisotopic (exact) mass is 227 g/mol. The molecule has 0 aromatic carbocycles. The average molecular weight is 227 g/mol. The van der Waals surface area contributed by atoms with Crippen LogP contribution in [0, 0.1) is 0 Å². The third kappa shape index (κ3) is 2.78. The molecule has 84 valence electrons. The summed E-state index contributed by atoms with van der Waals surface area (Å²) in [6.45, 7) is 8.18. The molecular weight excluding hydrogens is 210 g/mol. The van der Waals surface area contributed by atoms with Gasteiger partial charge >= 0.3 is 5.97 Å². The number of thiazole rings is 1. The molecule has 0 saturated carbocycles. The van der Waals surface area contributed by atoms with E-state index in [0.717, 1.165) is 23.5 Å². The highest BCUT2D eigenvalue weighted by molar-refractivity contribution is 7.13. The summed E-state index contributed by atoms with van der Waals surface area (Å²) in [7, 11) is 0. The summed E-state index contributed by atoms with van der Waals surface area (Å²) in [4.78, 5) is 15.8. The molecule has 0 aliphatic rings. The minimum Gasteiger partial charge on any atom is -0.477 e. The van der Waals surface area contributed by atoms with Crippen LogP contribution >= 0.6 is 11.3 Å². The molecule has 0 aliphatic heterocycles. The van der Waals surface area contributed by atoms with Gasteiger partial charge in [0.15, 0.2) is 0 Å². The zero-order chi connectivity index (χ0) is 11.6. The van der Waals surface area contributed by atoms with Gasteiger partial charge in [-0.1, -0.05) is 34.1 Å². The van der Waals surface area contributed by atoms with Crippen molar-refractivity contribution >= 4 is 17.3 Å². The van der Waals surface area contributed by atoms with Gasteiger partial charge in [-0.05, 0) is 6.42 Å². The van der Waals surface area contributed by atoms with Crippen molar-refractivity contribution in [3.05, 3.63) is 15.6 Å². The van der Waals surface area contributed by atoms with Crippen LogP contribution in [0.5, 0.6) is 0 Å². The highest BCUT2D eigenvalue weighted by atomic mass is 32.1. The second kappa shape index (κ2) is 4.31. The molecule has 1 aromatic heterocycles. The van der Waals surface area contributed by atoms with Crippen molar-refractivity contribution in [3.63, 3.8) is 0 Å². The number of carboxylic acid groups (broad SMARTS) is 1. The van der Waals surface area contributed by atoms with Crippen LogP contribution in [0.4, 0.5) is 0 Å². The van der Waals surface area contributed by atoms with Crippen molar-refractivity contribution in [1.82, 2.24) is 4.98 Å². The fourth-order valence-electron chi connectivity index (χ4n) is 1.25. The SMILES string of the molecule is CCCc1nc(C(C)(C)C)sc1C(=O)O. The summed E-state index contributed by atoms with van der Waals surface area (Å²) in [6.07, 6.45) is 1.67. The Kier molecular flexibility index (Phi) is 3.50. The molecule has 0 saturated heterocycles. The van der Waals surface area contributed by atoms with Gasteiger partial charge in [-0.15, -0.1) is 11.3 Å². The number of carboxylic acids is 1. The highest BCUT2D eigenvalue weighted by Crippen LogP contribution is 2.29. The molecule has 3 nitrogen and oxygen atoms in total. The van der Waals surface area contributed by atoms with Gasteiger partial charge in [0, 0.05) is 5.41 Å². The van der Waals surface area contributed by atoms with E-state index in [0.29, 0.717) is 4.88 Å². The largest absolute Gasteiger partial charge is 0.477 e. The normalized spacial score (nSPS) is 11.7. The molecule has 4 heteroatoms. The molecule has 0 aliphatic carbocycles. The van der Waals surface area contributed by atoms with E-state index < -0.39 is 5.97 Å².